The highest BCUT2D eigenvalue weighted by Gasteiger charge is 2.21. The zero-order valence-electron chi connectivity index (χ0n) is 14.5. The molecule has 0 unspecified atom stereocenters. The Balaban J connectivity index is 2.15. The maximum absolute atomic E-state index is 5.90. The minimum atomic E-state index is 0.396. The van der Waals surface area contributed by atoms with Crippen molar-refractivity contribution in [3.05, 3.63) is 0 Å². The standard InChI is InChI=1S/C16H33N3O2S/c1-17-16(18-9-4-5-14-22-3)19-10-7-15(8-11-19)21-13-6-12-20-2/h15H,4-14H2,1-3H3,(H,17,18). The van der Waals surface area contributed by atoms with Gasteiger partial charge in [0.2, 0.25) is 0 Å². The van der Waals surface area contributed by atoms with Gasteiger partial charge in [-0.25, -0.2) is 0 Å². The molecule has 0 saturated carbocycles. The van der Waals surface area contributed by atoms with E-state index in [1.807, 2.05) is 18.8 Å². The Morgan fingerprint density at radius 2 is 2.00 bits per heavy atom. The number of piperidine rings is 1. The molecular formula is C16H33N3O2S. The SMILES string of the molecule is CN=C(NCCCCSC)N1CCC(OCCCOC)CC1. The number of hydrogen-bond acceptors (Lipinski definition) is 4. The van der Waals surface area contributed by atoms with Crippen molar-refractivity contribution in [2.45, 2.75) is 38.2 Å². The summed E-state index contributed by atoms with van der Waals surface area (Å²) < 4.78 is 10.9. The summed E-state index contributed by atoms with van der Waals surface area (Å²) in [5, 5.41) is 3.48. The molecule has 22 heavy (non-hydrogen) atoms. The third-order valence-corrected chi connectivity index (χ3v) is 4.55. The fourth-order valence-corrected chi connectivity index (χ4v) is 3.08. The van der Waals surface area contributed by atoms with Gasteiger partial charge in [0.25, 0.3) is 0 Å². The molecule has 1 rings (SSSR count). The van der Waals surface area contributed by atoms with Crippen LogP contribution in [0.3, 0.4) is 0 Å². The number of methoxy groups -OCH3 is 1. The molecule has 0 radical (unpaired) electrons. The van der Waals surface area contributed by atoms with E-state index in [0.717, 1.165) is 58.1 Å². The molecular weight excluding hydrogens is 298 g/mol. The van der Waals surface area contributed by atoms with E-state index in [4.69, 9.17) is 9.47 Å². The van der Waals surface area contributed by atoms with Crippen LogP contribution < -0.4 is 5.32 Å². The second kappa shape index (κ2) is 13.0. The normalized spacial score (nSPS) is 17.0. The molecule has 1 fully saturated rings. The molecule has 0 atom stereocenters. The summed E-state index contributed by atoms with van der Waals surface area (Å²) in [6, 6.07) is 0. The third-order valence-electron chi connectivity index (χ3n) is 3.86. The monoisotopic (exact) mass is 331 g/mol. The number of guanidine groups is 1. The van der Waals surface area contributed by atoms with Crippen LogP contribution in [0.4, 0.5) is 0 Å². The molecule has 5 nitrogen and oxygen atoms in total. The number of unbranched alkanes of at least 4 members (excludes halogenated alkanes) is 1. The van der Waals surface area contributed by atoms with Gasteiger partial charge in [-0.05, 0) is 44.1 Å². The molecule has 0 spiro atoms. The van der Waals surface area contributed by atoms with Crippen LogP contribution in [0.15, 0.2) is 4.99 Å². The predicted molar refractivity (Wildman–Crippen MR) is 96.0 cm³/mol. The second-order valence-corrected chi connectivity index (χ2v) is 6.56. The lowest BCUT2D eigenvalue weighted by molar-refractivity contribution is 0.00991. The number of ether oxygens (including phenoxy) is 2. The van der Waals surface area contributed by atoms with Crippen LogP contribution >= 0.6 is 11.8 Å². The molecule has 0 aromatic heterocycles. The van der Waals surface area contributed by atoms with Gasteiger partial charge in [0.1, 0.15) is 0 Å². The van der Waals surface area contributed by atoms with Crippen LogP contribution in [0.5, 0.6) is 0 Å². The van der Waals surface area contributed by atoms with Gasteiger partial charge in [-0.3, -0.25) is 4.99 Å². The lowest BCUT2D eigenvalue weighted by Gasteiger charge is -2.34. The molecule has 1 saturated heterocycles. The minimum absolute atomic E-state index is 0.396. The molecule has 0 amide bonds. The second-order valence-electron chi connectivity index (χ2n) is 5.58. The van der Waals surface area contributed by atoms with Gasteiger partial charge in [0.05, 0.1) is 6.10 Å². The maximum atomic E-state index is 5.90. The Morgan fingerprint density at radius 3 is 2.64 bits per heavy atom. The van der Waals surface area contributed by atoms with E-state index in [0.29, 0.717) is 6.10 Å². The van der Waals surface area contributed by atoms with E-state index < -0.39 is 0 Å². The van der Waals surface area contributed by atoms with Crippen molar-refractivity contribution >= 4 is 17.7 Å². The van der Waals surface area contributed by atoms with E-state index >= 15 is 0 Å². The van der Waals surface area contributed by atoms with Crippen molar-refractivity contribution in [2.75, 3.05) is 59.0 Å². The first-order valence-electron chi connectivity index (χ1n) is 8.37. The maximum Gasteiger partial charge on any atom is 0.193 e. The van der Waals surface area contributed by atoms with Crippen molar-refractivity contribution in [1.82, 2.24) is 10.2 Å². The molecule has 6 heteroatoms. The Hall–Kier alpha value is -0.460. The van der Waals surface area contributed by atoms with Gasteiger partial charge < -0.3 is 19.7 Å². The third kappa shape index (κ3) is 8.25. The minimum Gasteiger partial charge on any atom is -0.385 e. The van der Waals surface area contributed by atoms with Crippen molar-refractivity contribution in [1.29, 1.82) is 0 Å². The van der Waals surface area contributed by atoms with Crippen LogP contribution in [-0.4, -0.2) is 76.0 Å². The van der Waals surface area contributed by atoms with Crippen LogP contribution in [-0.2, 0) is 9.47 Å². The quantitative estimate of drug-likeness (QED) is 0.378. The van der Waals surface area contributed by atoms with Crippen LogP contribution in [0.25, 0.3) is 0 Å². The lowest BCUT2D eigenvalue weighted by Crippen LogP contribution is -2.47. The van der Waals surface area contributed by atoms with E-state index in [9.17, 15) is 0 Å². The number of nitrogens with zero attached hydrogens (tertiary/aromatic N) is 2. The Bertz CT molecular complexity index is 295. The average Bonchev–Trinajstić information content (AvgIpc) is 2.56. The fraction of sp³-hybridized carbons (Fsp3) is 0.938. The van der Waals surface area contributed by atoms with Crippen LogP contribution in [0.1, 0.15) is 32.1 Å². The molecule has 1 aliphatic heterocycles. The first-order valence-corrected chi connectivity index (χ1v) is 9.76. The van der Waals surface area contributed by atoms with E-state index in [-0.39, 0.29) is 0 Å². The molecule has 0 aromatic carbocycles. The van der Waals surface area contributed by atoms with Crippen LogP contribution in [0.2, 0.25) is 0 Å². The van der Waals surface area contributed by atoms with Crippen molar-refractivity contribution in [2.24, 2.45) is 4.99 Å². The topological polar surface area (TPSA) is 46.1 Å². The highest BCUT2D eigenvalue weighted by atomic mass is 32.2. The number of likely N-dealkylation sites (tertiary alicyclic amines) is 1. The molecule has 0 aromatic rings. The summed E-state index contributed by atoms with van der Waals surface area (Å²) in [5.74, 6) is 2.29. The molecule has 1 heterocycles. The molecule has 1 aliphatic rings. The highest BCUT2D eigenvalue weighted by Crippen LogP contribution is 2.14. The largest absolute Gasteiger partial charge is 0.385 e. The first kappa shape index (κ1) is 19.6. The molecule has 130 valence electrons. The number of nitrogens with one attached hydrogen (secondary N) is 1. The molecule has 1 N–H and O–H groups in total. The summed E-state index contributed by atoms with van der Waals surface area (Å²) in [7, 11) is 3.61. The van der Waals surface area contributed by atoms with Crippen molar-refractivity contribution in [3.63, 3.8) is 0 Å². The number of hydrogen-bond donors (Lipinski definition) is 1. The zero-order chi connectivity index (χ0) is 16.0. The van der Waals surface area contributed by atoms with Gasteiger partial charge in [0, 0.05) is 47.0 Å². The summed E-state index contributed by atoms with van der Waals surface area (Å²) in [4.78, 5) is 6.76. The summed E-state index contributed by atoms with van der Waals surface area (Å²) in [5.41, 5.74) is 0. The molecule has 0 aliphatic carbocycles. The van der Waals surface area contributed by atoms with E-state index in [1.54, 1.807) is 7.11 Å². The van der Waals surface area contributed by atoms with E-state index in [1.165, 1.54) is 18.6 Å². The summed E-state index contributed by atoms with van der Waals surface area (Å²) >= 11 is 1.91. The average molecular weight is 332 g/mol. The van der Waals surface area contributed by atoms with Gasteiger partial charge in [-0.15, -0.1) is 0 Å². The summed E-state index contributed by atoms with van der Waals surface area (Å²) in [6.07, 6.45) is 8.18. The van der Waals surface area contributed by atoms with Gasteiger partial charge in [-0.2, -0.15) is 11.8 Å². The molecule has 0 bridgehead atoms. The number of thioether (sulfide) groups is 1. The highest BCUT2D eigenvalue weighted by molar-refractivity contribution is 7.98. The van der Waals surface area contributed by atoms with Gasteiger partial charge >= 0.3 is 0 Å². The Morgan fingerprint density at radius 1 is 1.23 bits per heavy atom. The van der Waals surface area contributed by atoms with Crippen molar-refractivity contribution in [3.8, 4) is 0 Å². The summed E-state index contributed by atoms with van der Waals surface area (Å²) in [6.45, 7) is 4.66. The van der Waals surface area contributed by atoms with Crippen molar-refractivity contribution < 1.29 is 9.47 Å². The number of aliphatic imine (C=N–C) groups is 1. The number of rotatable bonds is 10. The smallest absolute Gasteiger partial charge is 0.193 e. The lowest BCUT2D eigenvalue weighted by atomic mass is 10.1. The van der Waals surface area contributed by atoms with E-state index in [2.05, 4.69) is 21.5 Å². The van der Waals surface area contributed by atoms with Gasteiger partial charge in [0.15, 0.2) is 5.96 Å². The Labute approximate surface area is 140 Å². The Kier molecular flexibility index (Phi) is 11.6. The van der Waals surface area contributed by atoms with Gasteiger partial charge in [-0.1, -0.05) is 0 Å². The fourth-order valence-electron chi connectivity index (χ4n) is 2.59. The zero-order valence-corrected chi connectivity index (χ0v) is 15.3. The predicted octanol–water partition coefficient (Wildman–Crippen LogP) is 2.22. The first-order chi connectivity index (χ1) is 10.8. The van der Waals surface area contributed by atoms with Crippen LogP contribution in [0, 0.1) is 0 Å².